The molecule has 2 amide bonds. The molecule has 0 aliphatic carbocycles. The van der Waals surface area contributed by atoms with E-state index < -0.39 is 10.8 Å². The smallest absolute Gasteiger partial charge is 0.282 e. The van der Waals surface area contributed by atoms with Crippen LogP contribution in [0.2, 0.25) is 0 Å². The quantitative estimate of drug-likeness (QED) is 0.444. The maximum Gasteiger partial charge on any atom is 0.282 e. The average molecular weight is 366 g/mol. The maximum atomic E-state index is 12.8. The van der Waals surface area contributed by atoms with E-state index in [0.29, 0.717) is 32.5 Å². The van der Waals surface area contributed by atoms with Gasteiger partial charge in [-0.25, -0.2) is 0 Å². The zero-order valence-corrected chi connectivity index (χ0v) is 14.9. The van der Waals surface area contributed by atoms with E-state index in [-0.39, 0.29) is 29.6 Å². The second kappa shape index (κ2) is 8.82. The van der Waals surface area contributed by atoms with Crippen LogP contribution in [-0.2, 0) is 4.79 Å². The summed E-state index contributed by atoms with van der Waals surface area (Å²) in [5.41, 5.74) is 5.24. The Morgan fingerprint density at radius 2 is 2.24 bits per heavy atom. The number of hydrogen-bond donors (Lipinski definition) is 2. The Bertz CT molecular complexity index is 668. The summed E-state index contributed by atoms with van der Waals surface area (Å²) in [6, 6.07) is 4.52. The van der Waals surface area contributed by atoms with Crippen molar-refractivity contribution < 1.29 is 14.5 Å². The number of amides is 2. The van der Waals surface area contributed by atoms with Gasteiger partial charge in [0.15, 0.2) is 0 Å². The molecule has 9 heteroatoms. The summed E-state index contributed by atoms with van der Waals surface area (Å²) in [5, 5.41) is 14.0. The molecule has 0 saturated carbocycles. The van der Waals surface area contributed by atoms with Crippen LogP contribution in [-0.4, -0.2) is 54.1 Å². The van der Waals surface area contributed by atoms with E-state index in [0.717, 1.165) is 4.90 Å². The Morgan fingerprint density at radius 1 is 1.48 bits per heavy atom. The topological polar surface area (TPSA) is 119 Å². The Hall–Kier alpha value is -2.13. The first-order chi connectivity index (χ1) is 12.0. The van der Waals surface area contributed by atoms with Crippen LogP contribution >= 0.6 is 11.8 Å². The number of nitro groups is 1. The number of likely N-dealkylation sites (tertiary alicyclic amines) is 1. The molecule has 1 atom stereocenters. The Morgan fingerprint density at radius 3 is 2.88 bits per heavy atom. The fourth-order valence-corrected chi connectivity index (χ4v) is 3.30. The summed E-state index contributed by atoms with van der Waals surface area (Å²) in [6.07, 6.45) is 3.21. The van der Waals surface area contributed by atoms with E-state index in [2.05, 4.69) is 5.32 Å². The van der Waals surface area contributed by atoms with Crippen molar-refractivity contribution in [2.45, 2.75) is 17.7 Å². The van der Waals surface area contributed by atoms with Gasteiger partial charge in [0.1, 0.15) is 5.56 Å². The van der Waals surface area contributed by atoms with E-state index in [1.54, 1.807) is 12.1 Å². The van der Waals surface area contributed by atoms with Crippen LogP contribution in [0.3, 0.4) is 0 Å². The number of nitro benzene ring substituents is 1. The number of benzene rings is 1. The highest BCUT2D eigenvalue weighted by Crippen LogP contribution is 2.27. The molecule has 136 valence electrons. The lowest BCUT2D eigenvalue weighted by Crippen LogP contribution is -2.46. The van der Waals surface area contributed by atoms with Gasteiger partial charge in [0.25, 0.3) is 11.6 Å². The van der Waals surface area contributed by atoms with Gasteiger partial charge in [0.2, 0.25) is 5.91 Å². The normalized spacial score (nSPS) is 17.2. The minimum absolute atomic E-state index is 0.0693. The molecule has 1 unspecified atom stereocenters. The number of hydrogen-bond acceptors (Lipinski definition) is 6. The van der Waals surface area contributed by atoms with Crippen molar-refractivity contribution in [3.8, 4) is 0 Å². The van der Waals surface area contributed by atoms with Gasteiger partial charge in [-0.2, -0.15) is 0 Å². The number of piperidine rings is 1. The monoisotopic (exact) mass is 366 g/mol. The molecule has 0 bridgehead atoms. The Kier molecular flexibility index (Phi) is 6.77. The third-order valence-corrected chi connectivity index (χ3v) is 4.88. The van der Waals surface area contributed by atoms with E-state index >= 15 is 0 Å². The highest BCUT2D eigenvalue weighted by Gasteiger charge is 2.31. The predicted molar refractivity (Wildman–Crippen MR) is 95.6 cm³/mol. The number of nitrogens with two attached hydrogens (primary N) is 1. The van der Waals surface area contributed by atoms with Crippen molar-refractivity contribution >= 4 is 29.3 Å². The second-order valence-corrected chi connectivity index (χ2v) is 6.69. The summed E-state index contributed by atoms with van der Waals surface area (Å²) in [7, 11) is 0. The number of carbonyl (C=O) groups is 2. The van der Waals surface area contributed by atoms with Gasteiger partial charge in [-0.1, -0.05) is 0 Å². The number of nitrogens with one attached hydrogen (secondary N) is 1. The largest absolute Gasteiger partial charge is 0.355 e. The predicted octanol–water partition coefficient (Wildman–Crippen LogP) is 1.24. The molecule has 1 aliphatic rings. The highest BCUT2D eigenvalue weighted by atomic mass is 32.2. The molecule has 2 rings (SSSR count). The maximum absolute atomic E-state index is 12.8. The molecule has 1 heterocycles. The van der Waals surface area contributed by atoms with Gasteiger partial charge < -0.3 is 16.0 Å². The number of rotatable bonds is 6. The minimum atomic E-state index is -0.549. The zero-order chi connectivity index (χ0) is 18.4. The van der Waals surface area contributed by atoms with Gasteiger partial charge in [0, 0.05) is 37.1 Å². The lowest BCUT2D eigenvalue weighted by atomic mass is 9.96. The first-order valence-electron chi connectivity index (χ1n) is 8.07. The average Bonchev–Trinajstić information content (AvgIpc) is 2.64. The standard InChI is InChI=1S/C16H22N4O4S/c1-25-12-4-5-14(20(23)24)13(9-12)16(22)19-8-2-3-11(10-19)15(21)18-7-6-17/h4-5,9,11H,2-3,6-8,10,17H2,1H3,(H,18,21). The Balaban J connectivity index is 2.19. The number of thioether (sulfide) groups is 1. The van der Waals surface area contributed by atoms with Crippen LogP contribution in [0.15, 0.2) is 23.1 Å². The molecule has 1 fully saturated rings. The molecule has 3 N–H and O–H groups in total. The summed E-state index contributed by atoms with van der Waals surface area (Å²) in [5.74, 6) is -0.846. The molecule has 1 saturated heterocycles. The van der Waals surface area contributed by atoms with Gasteiger partial charge in [-0.3, -0.25) is 19.7 Å². The highest BCUT2D eigenvalue weighted by molar-refractivity contribution is 7.98. The van der Waals surface area contributed by atoms with E-state index in [1.807, 2.05) is 6.26 Å². The molecule has 1 aromatic carbocycles. The van der Waals surface area contributed by atoms with Crippen LogP contribution in [0.1, 0.15) is 23.2 Å². The van der Waals surface area contributed by atoms with Gasteiger partial charge >= 0.3 is 0 Å². The van der Waals surface area contributed by atoms with E-state index in [9.17, 15) is 19.7 Å². The third-order valence-electron chi connectivity index (χ3n) is 4.15. The molecule has 1 aliphatic heterocycles. The van der Waals surface area contributed by atoms with Crippen LogP contribution in [0.25, 0.3) is 0 Å². The first-order valence-corrected chi connectivity index (χ1v) is 9.30. The Labute approximate surface area is 150 Å². The fourth-order valence-electron chi connectivity index (χ4n) is 2.86. The molecule has 8 nitrogen and oxygen atoms in total. The van der Waals surface area contributed by atoms with Crippen LogP contribution in [0.5, 0.6) is 0 Å². The molecule has 0 spiro atoms. The van der Waals surface area contributed by atoms with Crippen molar-refractivity contribution in [3.05, 3.63) is 33.9 Å². The molecular weight excluding hydrogens is 344 g/mol. The molecule has 25 heavy (non-hydrogen) atoms. The van der Waals surface area contributed by atoms with Crippen molar-refractivity contribution in [1.29, 1.82) is 0 Å². The summed E-state index contributed by atoms with van der Waals surface area (Å²) >= 11 is 1.41. The fraction of sp³-hybridized carbons (Fsp3) is 0.500. The van der Waals surface area contributed by atoms with Crippen LogP contribution in [0, 0.1) is 16.0 Å². The lowest BCUT2D eigenvalue weighted by Gasteiger charge is -2.32. The van der Waals surface area contributed by atoms with Gasteiger partial charge in [0.05, 0.1) is 10.8 Å². The summed E-state index contributed by atoms with van der Waals surface area (Å²) < 4.78 is 0. The number of nitrogens with zero attached hydrogens (tertiary/aromatic N) is 2. The van der Waals surface area contributed by atoms with E-state index in [1.165, 1.54) is 22.7 Å². The third kappa shape index (κ3) is 4.70. The SMILES string of the molecule is CSc1ccc([N+](=O)[O-])c(C(=O)N2CCCC(C(=O)NCCN)C2)c1. The first kappa shape index (κ1) is 19.2. The number of carbonyl (C=O) groups excluding carboxylic acids is 2. The van der Waals surface area contributed by atoms with Gasteiger partial charge in [-0.15, -0.1) is 11.8 Å². The van der Waals surface area contributed by atoms with Gasteiger partial charge in [-0.05, 0) is 31.2 Å². The van der Waals surface area contributed by atoms with Crippen LogP contribution in [0.4, 0.5) is 5.69 Å². The lowest BCUT2D eigenvalue weighted by molar-refractivity contribution is -0.385. The zero-order valence-electron chi connectivity index (χ0n) is 14.1. The summed E-state index contributed by atoms with van der Waals surface area (Å²) in [4.78, 5) is 38.0. The van der Waals surface area contributed by atoms with E-state index in [4.69, 9.17) is 5.73 Å². The molecule has 0 radical (unpaired) electrons. The summed E-state index contributed by atoms with van der Waals surface area (Å²) in [6.45, 7) is 1.50. The van der Waals surface area contributed by atoms with Crippen molar-refractivity contribution in [2.24, 2.45) is 11.7 Å². The van der Waals surface area contributed by atoms with Crippen LogP contribution < -0.4 is 11.1 Å². The van der Waals surface area contributed by atoms with Crippen molar-refractivity contribution in [1.82, 2.24) is 10.2 Å². The van der Waals surface area contributed by atoms with Crippen molar-refractivity contribution in [3.63, 3.8) is 0 Å². The van der Waals surface area contributed by atoms with Crippen molar-refractivity contribution in [2.75, 3.05) is 32.4 Å². The second-order valence-electron chi connectivity index (χ2n) is 5.81. The molecule has 0 aromatic heterocycles. The molecule has 1 aromatic rings. The molecular formula is C16H22N4O4S. The minimum Gasteiger partial charge on any atom is -0.355 e.